The van der Waals surface area contributed by atoms with Gasteiger partial charge >= 0.3 is 5.97 Å². The summed E-state index contributed by atoms with van der Waals surface area (Å²) in [5, 5.41) is 0. The average Bonchev–Trinajstić information content (AvgIpc) is 2.39. The Labute approximate surface area is 118 Å². The largest absolute Gasteiger partial charge is 0.425 e. The first-order valence-electron chi connectivity index (χ1n) is 6.16. The molecule has 0 spiro atoms. The summed E-state index contributed by atoms with van der Waals surface area (Å²) in [5.74, 6) is 0.309. The minimum Gasteiger partial charge on any atom is -0.425 e. The summed E-state index contributed by atoms with van der Waals surface area (Å²) in [6.07, 6.45) is 0.643. The third-order valence-corrected chi connectivity index (χ3v) is 2.97. The van der Waals surface area contributed by atoms with Crippen molar-refractivity contribution >= 4 is 23.5 Å². The average molecular weight is 284 g/mol. The van der Waals surface area contributed by atoms with Crippen molar-refractivity contribution in [1.29, 1.82) is 0 Å². The Morgan fingerprint density at radius 1 is 1.32 bits per heavy atom. The molecule has 1 atom stereocenters. The highest BCUT2D eigenvalue weighted by Crippen LogP contribution is 2.11. The van der Waals surface area contributed by atoms with E-state index in [0.29, 0.717) is 24.6 Å². The van der Waals surface area contributed by atoms with Gasteiger partial charge in [0.2, 0.25) is 5.91 Å². The first-order valence-corrected chi connectivity index (χ1v) is 6.69. The Morgan fingerprint density at radius 2 is 1.95 bits per heavy atom. The van der Waals surface area contributed by atoms with E-state index in [2.05, 4.69) is 0 Å². The Kier molecular flexibility index (Phi) is 6.36. The Morgan fingerprint density at radius 3 is 2.47 bits per heavy atom. The standard InChI is InChI=1S/C14H18ClNO3/c1-11(16(12(2)17)10-6-9-15)14(18)19-13-7-4-3-5-8-13/h3-5,7-8,11H,6,9-10H2,1-2H3. The van der Waals surface area contributed by atoms with Gasteiger partial charge in [0.15, 0.2) is 0 Å². The second kappa shape index (κ2) is 7.79. The normalized spacial score (nSPS) is 11.7. The molecule has 19 heavy (non-hydrogen) atoms. The number of benzene rings is 1. The van der Waals surface area contributed by atoms with Crippen molar-refractivity contribution in [2.75, 3.05) is 12.4 Å². The van der Waals surface area contributed by atoms with E-state index in [1.54, 1.807) is 31.2 Å². The number of hydrogen-bond acceptors (Lipinski definition) is 3. The van der Waals surface area contributed by atoms with Crippen LogP contribution in [0.3, 0.4) is 0 Å². The lowest BCUT2D eigenvalue weighted by atomic mass is 10.2. The Balaban J connectivity index is 2.65. The molecular weight excluding hydrogens is 266 g/mol. The number of hydrogen-bond donors (Lipinski definition) is 0. The van der Waals surface area contributed by atoms with Crippen LogP contribution >= 0.6 is 11.6 Å². The van der Waals surface area contributed by atoms with Crippen molar-refractivity contribution < 1.29 is 14.3 Å². The number of halogens is 1. The van der Waals surface area contributed by atoms with Crippen LogP contribution in [0.1, 0.15) is 20.3 Å². The molecule has 4 nitrogen and oxygen atoms in total. The summed E-state index contributed by atoms with van der Waals surface area (Å²) in [6, 6.07) is 8.17. The van der Waals surface area contributed by atoms with Gasteiger partial charge in [-0.2, -0.15) is 0 Å². The van der Waals surface area contributed by atoms with Gasteiger partial charge in [0.05, 0.1) is 0 Å². The van der Waals surface area contributed by atoms with Crippen LogP contribution < -0.4 is 4.74 Å². The summed E-state index contributed by atoms with van der Waals surface area (Å²) in [4.78, 5) is 25.0. The van der Waals surface area contributed by atoms with Crippen LogP contribution in [0.5, 0.6) is 5.75 Å². The molecular formula is C14H18ClNO3. The van der Waals surface area contributed by atoms with Crippen LogP contribution in [-0.2, 0) is 9.59 Å². The summed E-state index contributed by atoms with van der Waals surface area (Å²) >= 11 is 5.61. The number of carbonyl (C=O) groups is 2. The number of ether oxygens (including phenoxy) is 1. The predicted molar refractivity (Wildman–Crippen MR) is 74.3 cm³/mol. The number of rotatable bonds is 6. The quantitative estimate of drug-likeness (QED) is 0.458. The maximum Gasteiger partial charge on any atom is 0.333 e. The predicted octanol–water partition coefficient (Wildman–Crippen LogP) is 2.46. The molecule has 104 valence electrons. The minimum atomic E-state index is -0.624. The van der Waals surface area contributed by atoms with Crippen LogP contribution in [0.2, 0.25) is 0 Å². The van der Waals surface area contributed by atoms with E-state index in [-0.39, 0.29) is 5.91 Å². The van der Waals surface area contributed by atoms with Crippen molar-refractivity contribution in [2.24, 2.45) is 0 Å². The summed E-state index contributed by atoms with van der Waals surface area (Å²) in [6.45, 7) is 3.53. The lowest BCUT2D eigenvalue weighted by Gasteiger charge is -2.26. The van der Waals surface area contributed by atoms with Gasteiger partial charge in [-0.05, 0) is 25.5 Å². The molecule has 1 aromatic rings. The second-order valence-corrected chi connectivity index (χ2v) is 4.54. The van der Waals surface area contributed by atoms with Crippen LogP contribution in [0.15, 0.2) is 30.3 Å². The first-order chi connectivity index (χ1) is 9.06. The third-order valence-electron chi connectivity index (χ3n) is 2.71. The molecule has 1 aromatic carbocycles. The summed E-state index contributed by atoms with van der Waals surface area (Å²) in [7, 11) is 0. The molecule has 0 aliphatic heterocycles. The highest BCUT2D eigenvalue weighted by molar-refractivity contribution is 6.17. The summed E-state index contributed by atoms with van der Waals surface area (Å²) < 4.78 is 5.22. The van der Waals surface area contributed by atoms with Crippen LogP contribution in [0.25, 0.3) is 0 Å². The monoisotopic (exact) mass is 283 g/mol. The zero-order valence-electron chi connectivity index (χ0n) is 11.1. The van der Waals surface area contributed by atoms with Gasteiger partial charge < -0.3 is 9.64 Å². The van der Waals surface area contributed by atoms with Crippen molar-refractivity contribution in [3.63, 3.8) is 0 Å². The lowest BCUT2D eigenvalue weighted by molar-refractivity contribution is -0.146. The molecule has 0 bridgehead atoms. The van der Waals surface area contributed by atoms with E-state index in [9.17, 15) is 9.59 Å². The van der Waals surface area contributed by atoms with Gasteiger partial charge in [0.25, 0.3) is 0 Å². The molecule has 1 amide bonds. The van der Waals surface area contributed by atoms with E-state index >= 15 is 0 Å². The lowest BCUT2D eigenvalue weighted by Crippen LogP contribution is -2.44. The van der Waals surface area contributed by atoms with Crippen molar-refractivity contribution in [1.82, 2.24) is 4.90 Å². The van der Waals surface area contributed by atoms with Crippen LogP contribution in [-0.4, -0.2) is 35.2 Å². The maximum atomic E-state index is 12.0. The van der Waals surface area contributed by atoms with Crippen LogP contribution in [0.4, 0.5) is 0 Å². The molecule has 0 fully saturated rings. The molecule has 1 rings (SSSR count). The molecule has 0 heterocycles. The van der Waals surface area contributed by atoms with Crippen molar-refractivity contribution in [3.8, 4) is 5.75 Å². The molecule has 1 unspecified atom stereocenters. The van der Waals surface area contributed by atoms with Crippen LogP contribution in [0, 0.1) is 0 Å². The molecule has 0 aliphatic carbocycles. The van der Waals surface area contributed by atoms with E-state index in [1.165, 1.54) is 11.8 Å². The van der Waals surface area contributed by atoms with E-state index in [0.717, 1.165) is 0 Å². The van der Waals surface area contributed by atoms with Gasteiger partial charge in [-0.15, -0.1) is 11.6 Å². The molecule has 0 saturated heterocycles. The first kappa shape index (κ1) is 15.5. The fourth-order valence-electron chi connectivity index (χ4n) is 1.67. The molecule has 0 aromatic heterocycles. The number of alkyl halides is 1. The Bertz CT molecular complexity index is 422. The number of carbonyl (C=O) groups excluding carboxylic acids is 2. The second-order valence-electron chi connectivity index (χ2n) is 4.17. The zero-order valence-corrected chi connectivity index (χ0v) is 11.9. The smallest absolute Gasteiger partial charge is 0.333 e. The number of para-hydroxylation sites is 1. The molecule has 5 heteroatoms. The number of nitrogens with zero attached hydrogens (tertiary/aromatic N) is 1. The van der Waals surface area contributed by atoms with E-state index < -0.39 is 12.0 Å². The van der Waals surface area contributed by atoms with E-state index in [1.807, 2.05) is 6.07 Å². The topological polar surface area (TPSA) is 46.6 Å². The molecule has 0 radical (unpaired) electrons. The van der Waals surface area contributed by atoms with Gasteiger partial charge in [0, 0.05) is 19.3 Å². The minimum absolute atomic E-state index is 0.164. The number of esters is 1. The molecule has 0 aliphatic rings. The molecule has 0 saturated carbocycles. The molecule has 0 N–H and O–H groups in total. The van der Waals surface area contributed by atoms with Gasteiger partial charge in [-0.1, -0.05) is 18.2 Å². The highest BCUT2D eigenvalue weighted by Gasteiger charge is 2.24. The van der Waals surface area contributed by atoms with Crippen molar-refractivity contribution in [3.05, 3.63) is 30.3 Å². The van der Waals surface area contributed by atoms with Gasteiger partial charge in [-0.25, -0.2) is 4.79 Å². The fourth-order valence-corrected chi connectivity index (χ4v) is 1.79. The Hall–Kier alpha value is -1.55. The zero-order chi connectivity index (χ0) is 14.3. The van der Waals surface area contributed by atoms with Crippen molar-refractivity contribution in [2.45, 2.75) is 26.3 Å². The summed E-state index contributed by atoms with van der Waals surface area (Å²) in [5.41, 5.74) is 0. The highest BCUT2D eigenvalue weighted by atomic mass is 35.5. The number of amides is 1. The van der Waals surface area contributed by atoms with Gasteiger partial charge in [0.1, 0.15) is 11.8 Å². The van der Waals surface area contributed by atoms with E-state index in [4.69, 9.17) is 16.3 Å². The SMILES string of the molecule is CC(=O)N(CCCCl)C(C)C(=O)Oc1ccccc1. The maximum absolute atomic E-state index is 12.0. The van der Waals surface area contributed by atoms with Gasteiger partial charge in [-0.3, -0.25) is 4.79 Å². The fraction of sp³-hybridized carbons (Fsp3) is 0.429. The third kappa shape index (κ3) is 4.91.